The van der Waals surface area contributed by atoms with Gasteiger partial charge in [-0.15, -0.1) is 0 Å². The molecule has 0 saturated heterocycles. The summed E-state index contributed by atoms with van der Waals surface area (Å²) in [6.45, 7) is 3.36. The molecule has 0 radical (unpaired) electrons. The lowest BCUT2D eigenvalue weighted by Gasteiger charge is -2.13. The van der Waals surface area contributed by atoms with Crippen LogP contribution in [-0.4, -0.2) is 26.5 Å². The van der Waals surface area contributed by atoms with E-state index in [1.165, 1.54) is 19.1 Å². The first-order valence-corrected chi connectivity index (χ1v) is 6.20. The highest BCUT2D eigenvalue weighted by Crippen LogP contribution is 2.23. The first kappa shape index (κ1) is 13.8. The molecule has 0 saturated carbocycles. The van der Waals surface area contributed by atoms with Gasteiger partial charge in [0.05, 0.1) is 16.9 Å². The van der Waals surface area contributed by atoms with Crippen LogP contribution < -0.4 is 5.32 Å². The van der Waals surface area contributed by atoms with E-state index < -0.39 is 5.97 Å². The SMILES string of the molecule is CCc1nccn1-c1cc(C(=O)O)ccc1NC(C)=O. The highest BCUT2D eigenvalue weighted by Gasteiger charge is 2.13. The average Bonchev–Trinajstić information content (AvgIpc) is 2.86. The fourth-order valence-electron chi connectivity index (χ4n) is 1.97. The van der Waals surface area contributed by atoms with Gasteiger partial charge >= 0.3 is 5.97 Å². The molecule has 1 aromatic carbocycles. The van der Waals surface area contributed by atoms with E-state index in [1.54, 1.807) is 23.0 Å². The Morgan fingerprint density at radius 1 is 1.40 bits per heavy atom. The summed E-state index contributed by atoms with van der Waals surface area (Å²) >= 11 is 0. The van der Waals surface area contributed by atoms with Crippen molar-refractivity contribution >= 4 is 17.6 Å². The van der Waals surface area contributed by atoms with Gasteiger partial charge in [-0.05, 0) is 18.2 Å². The summed E-state index contributed by atoms with van der Waals surface area (Å²) in [6, 6.07) is 4.56. The highest BCUT2D eigenvalue weighted by molar-refractivity contribution is 5.94. The first-order chi connectivity index (χ1) is 9.52. The van der Waals surface area contributed by atoms with Crippen molar-refractivity contribution in [3.05, 3.63) is 42.0 Å². The zero-order chi connectivity index (χ0) is 14.7. The Morgan fingerprint density at radius 2 is 2.15 bits per heavy atom. The lowest BCUT2D eigenvalue weighted by Crippen LogP contribution is -2.11. The average molecular weight is 273 g/mol. The second kappa shape index (κ2) is 5.56. The number of carboxylic acids is 1. The van der Waals surface area contributed by atoms with Crippen LogP contribution in [0.15, 0.2) is 30.6 Å². The summed E-state index contributed by atoms with van der Waals surface area (Å²) in [6.07, 6.45) is 4.08. The summed E-state index contributed by atoms with van der Waals surface area (Å²) in [5.74, 6) is -0.439. The molecule has 20 heavy (non-hydrogen) atoms. The summed E-state index contributed by atoms with van der Waals surface area (Å²) in [7, 11) is 0. The maximum Gasteiger partial charge on any atom is 0.335 e. The molecule has 1 heterocycles. The Balaban J connectivity index is 2.60. The van der Waals surface area contributed by atoms with Crippen LogP contribution in [0, 0.1) is 0 Å². The van der Waals surface area contributed by atoms with Crippen molar-refractivity contribution in [1.82, 2.24) is 9.55 Å². The third-order valence-corrected chi connectivity index (χ3v) is 2.85. The van der Waals surface area contributed by atoms with Crippen molar-refractivity contribution < 1.29 is 14.7 Å². The summed E-state index contributed by atoms with van der Waals surface area (Å²) in [4.78, 5) is 26.6. The molecular formula is C14H15N3O3. The molecule has 2 N–H and O–H groups in total. The molecule has 2 rings (SSSR count). The smallest absolute Gasteiger partial charge is 0.335 e. The Labute approximate surface area is 116 Å². The summed E-state index contributed by atoms with van der Waals surface area (Å²) < 4.78 is 1.78. The molecular weight excluding hydrogens is 258 g/mol. The van der Waals surface area contributed by atoms with Crippen molar-refractivity contribution in [1.29, 1.82) is 0 Å². The number of carbonyl (C=O) groups is 2. The molecule has 0 bridgehead atoms. The molecule has 0 spiro atoms. The maximum atomic E-state index is 11.3. The number of carboxylic acid groups (broad SMARTS) is 1. The number of carbonyl (C=O) groups excluding carboxylic acids is 1. The van der Waals surface area contributed by atoms with Crippen molar-refractivity contribution in [2.24, 2.45) is 0 Å². The van der Waals surface area contributed by atoms with Crippen LogP contribution in [0.5, 0.6) is 0 Å². The van der Waals surface area contributed by atoms with E-state index in [-0.39, 0.29) is 11.5 Å². The quantitative estimate of drug-likeness (QED) is 0.893. The van der Waals surface area contributed by atoms with Crippen molar-refractivity contribution in [2.75, 3.05) is 5.32 Å². The van der Waals surface area contributed by atoms with Gasteiger partial charge in [-0.1, -0.05) is 6.92 Å². The number of anilines is 1. The van der Waals surface area contributed by atoms with E-state index in [1.807, 2.05) is 6.92 Å². The fraction of sp³-hybridized carbons (Fsp3) is 0.214. The van der Waals surface area contributed by atoms with E-state index in [0.717, 1.165) is 5.82 Å². The molecule has 0 atom stereocenters. The summed E-state index contributed by atoms with van der Waals surface area (Å²) in [5.41, 5.74) is 1.30. The van der Waals surface area contributed by atoms with Gasteiger partial charge in [0.1, 0.15) is 5.82 Å². The number of hydrogen-bond donors (Lipinski definition) is 2. The van der Waals surface area contributed by atoms with Gasteiger partial charge in [0.15, 0.2) is 0 Å². The van der Waals surface area contributed by atoms with E-state index in [0.29, 0.717) is 17.8 Å². The van der Waals surface area contributed by atoms with Gasteiger partial charge in [0.2, 0.25) is 5.91 Å². The number of hydrogen-bond acceptors (Lipinski definition) is 3. The van der Waals surface area contributed by atoms with Crippen molar-refractivity contribution in [3.63, 3.8) is 0 Å². The van der Waals surface area contributed by atoms with E-state index >= 15 is 0 Å². The molecule has 0 aliphatic carbocycles. The minimum absolute atomic E-state index is 0.157. The first-order valence-electron chi connectivity index (χ1n) is 6.20. The van der Waals surface area contributed by atoms with Crippen molar-refractivity contribution in [2.45, 2.75) is 20.3 Å². The third kappa shape index (κ3) is 2.69. The standard InChI is InChI=1S/C14H15N3O3/c1-3-13-15-6-7-17(13)12-8-10(14(19)20)4-5-11(12)16-9(2)18/h4-8H,3H2,1-2H3,(H,16,18)(H,19,20). The highest BCUT2D eigenvalue weighted by atomic mass is 16.4. The normalized spacial score (nSPS) is 10.3. The molecule has 0 unspecified atom stereocenters. The predicted octanol–water partition coefficient (Wildman–Crippen LogP) is 2.09. The van der Waals surface area contributed by atoms with Gasteiger partial charge in [0, 0.05) is 25.7 Å². The molecule has 2 aromatic rings. The molecule has 6 nitrogen and oxygen atoms in total. The number of benzene rings is 1. The van der Waals surface area contributed by atoms with Gasteiger partial charge in [-0.3, -0.25) is 4.79 Å². The number of imidazole rings is 1. The van der Waals surface area contributed by atoms with Crippen molar-refractivity contribution in [3.8, 4) is 5.69 Å². The predicted molar refractivity (Wildman–Crippen MR) is 74.2 cm³/mol. The van der Waals surface area contributed by atoms with E-state index in [9.17, 15) is 9.59 Å². The number of rotatable bonds is 4. The number of aromatic nitrogens is 2. The third-order valence-electron chi connectivity index (χ3n) is 2.85. The van der Waals surface area contributed by atoms with Gasteiger partial charge in [-0.2, -0.15) is 0 Å². The molecule has 1 aromatic heterocycles. The number of nitrogens with zero attached hydrogens (tertiary/aromatic N) is 2. The van der Waals surface area contributed by atoms with E-state index in [4.69, 9.17) is 5.11 Å². The van der Waals surface area contributed by atoms with Crippen LogP contribution in [0.25, 0.3) is 5.69 Å². The number of aromatic carboxylic acids is 1. The van der Waals surface area contributed by atoms with Gasteiger partial charge < -0.3 is 15.0 Å². The second-order valence-electron chi connectivity index (χ2n) is 4.29. The molecule has 0 aliphatic rings. The van der Waals surface area contributed by atoms with Gasteiger partial charge in [-0.25, -0.2) is 9.78 Å². The lowest BCUT2D eigenvalue weighted by atomic mass is 10.1. The zero-order valence-corrected chi connectivity index (χ0v) is 11.3. The minimum atomic E-state index is -1.02. The van der Waals surface area contributed by atoms with Crippen LogP contribution >= 0.6 is 0 Å². The Hall–Kier alpha value is -2.63. The lowest BCUT2D eigenvalue weighted by molar-refractivity contribution is -0.114. The molecule has 6 heteroatoms. The van der Waals surface area contributed by atoms with Crippen LogP contribution in [-0.2, 0) is 11.2 Å². The van der Waals surface area contributed by atoms with Gasteiger partial charge in [0.25, 0.3) is 0 Å². The molecule has 0 aliphatic heterocycles. The largest absolute Gasteiger partial charge is 0.478 e. The molecule has 104 valence electrons. The minimum Gasteiger partial charge on any atom is -0.478 e. The number of nitrogens with one attached hydrogen (secondary N) is 1. The molecule has 0 fully saturated rings. The topological polar surface area (TPSA) is 84.2 Å². The van der Waals surface area contributed by atoms with Crippen LogP contribution in [0.3, 0.4) is 0 Å². The fourth-order valence-corrected chi connectivity index (χ4v) is 1.97. The monoisotopic (exact) mass is 273 g/mol. The van der Waals surface area contributed by atoms with Crippen LogP contribution in [0.2, 0.25) is 0 Å². The Bertz CT molecular complexity index is 661. The van der Waals surface area contributed by atoms with Crippen LogP contribution in [0.1, 0.15) is 30.0 Å². The maximum absolute atomic E-state index is 11.3. The number of aryl methyl sites for hydroxylation is 1. The zero-order valence-electron chi connectivity index (χ0n) is 11.3. The Morgan fingerprint density at radius 3 is 2.75 bits per heavy atom. The Kier molecular flexibility index (Phi) is 3.84. The molecule has 1 amide bonds. The van der Waals surface area contributed by atoms with E-state index in [2.05, 4.69) is 10.3 Å². The second-order valence-corrected chi connectivity index (χ2v) is 4.29. The summed E-state index contributed by atoms with van der Waals surface area (Å²) in [5, 5.41) is 11.8. The van der Waals surface area contributed by atoms with Crippen LogP contribution in [0.4, 0.5) is 5.69 Å². The number of amides is 1.